The average Bonchev–Trinajstić information content (AvgIpc) is 3.13. The van der Waals surface area contributed by atoms with Crippen molar-refractivity contribution in [1.82, 2.24) is 4.98 Å². The molecule has 1 aromatic carbocycles. The summed E-state index contributed by atoms with van der Waals surface area (Å²) < 4.78 is 19.4. The Hall–Kier alpha value is -2.18. The highest BCUT2D eigenvalue weighted by molar-refractivity contribution is 7.19. The molecular weight excluding hydrogens is 341 g/mol. The molecule has 1 N–H and O–H groups in total. The first-order valence-electron chi connectivity index (χ1n) is 6.71. The highest BCUT2D eigenvalue weighted by Crippen LogP contribution is 2.38. The Balaban J connectivity index is 2.13. The number of hydrogen-bond donors (Lipinski definition) is 1. The highest BCUT2D eigenvalue weighted by Gasteiger charge is 2.26. The zero-order chi connectivity index (χ0) is 16.6. The Morgan fingerprint density at radius 2 is 2.00 bits per heavy atom. The molecular formula is C16H11ClFNO3S. The first-order chi connectivity index (χ1) is 11.0. The van der Waals surface area contributed by atoms with Gasteiger partial charge in [-0.05, 0) is 43.3 Å². The smallest absolute Gasteiger partial charge is 0.312 e. The van der Waals surface area contributed by atoms with Crippen molar-refractivity contribution in [2.24, 2.45) is 0 Å². The van der Waals surface area contributed by atoms with Gasteiger partial charge in [-0.15, -0.1) is 11.3 Å². The molecule has 118 valence electrons. The predicted octanol–water partition coefficient (Wildman–Crippen LogP) is 5.05. The lowest BCUT2D eigenvalue weighted by molar-refractivity contribution is -0.138. The Morgan fingerprint density at radius 1 is 1.30 bits per heavy atom. The molecule has 1 atom stereocenters. The number of oxazole rings is 1. The summed E-state index contributed by atoms with van der Waals surface area (Å²) in [5, 5.41) is 9.27. The van der Waals surface area contributed by atoms with E-state index in [9.17, 15) is 14.3 Å². The molecule has 0 aliphatic rings. The van der Waals surface area contributed by atoms with Crippen molar-refractivity contribution in [1.29, 1.82) is 0 Å². The molecule has 0 aliphatic carbocycles. The van der Waals surface area contributed by atoms with Crippen LogP contribution in [0.15, 0.2) is 40.8 Å². The third kappa shape index (κ3) is 3.13. The lowest BCUT2D eigenvalue weighted by atomic mass is 10.1. The molecule has 0 aliphatic heterocycles. The molecule has 3 aromatic rings. The second-order valence-electron chi connectivity index (χ2n) is 4.90. The monoisotopic (exact) mass is 351 g/mol. The van der Waals surface area contributed by atoms with Crippen molar-refractivity contribution < 1.29 is 18.7 Å². The largest absolute Gasteiger partial charge is 0.481 e. The van der Waals surface area contributed by atoms with E-state index in [4.69, 9.17) is 16.0 Å². The number of aromatic nitrogens is 1. The second kappa shape index (κ2) is 6.14. The summed E-state index contributed by atoms with van der Waals surface area (Å²) in [6.07, 6.45) is 0. The van der Waals surface area contributed by atoms with E-state index in [1.54, 1.807) is 12.1 Å². The Morgan fingerprint density at radius 3 is 2.57 bits per heavy atom. The van der Waals surface area contributed by atoms with Gasteiger partial charge >= 0.3 is 5.97 Å². The summed E-state index contributed by atoms with van der Waals surface area (Å²) in [6, 6.07) is 9.10. The van der Waals surface area contributed by atoms with Gasteiger partial charge in [0.2, 0.25) is 5.89 Å². The van der Waals surface area contributed by atoms with Crippen molar-refractivity contribution >= 4 is 28.9 Å². The fourth-order valence-corrected chi connectivity index (χ4v) is 3.10. The summed E-state index contributed by atoms with van der Waals surface area (Å²) in [5.74, 6) is -1.61. The van der Waals surface area contributed by atoms with E-state index in [1.165, 1.54) is 42.5 Å². The van der Waals surface area contributed by atoms with Crippen LogP contribution >= 0.6 is 22.9 Å². The maximum Gasteiger partial charge on any atom is 0.312 e. The SMILES string of the molecule is CC(C(=O)O)c1nc(-c2ccc(F)cc2)oc1-c1ccc(Cl)s1. The van der Waals surface area contributed by atoms with Crippen LogP contribution < -0.4 is 0 Å². The van der Waals surface area contributed by atoms with E-state index in [-0.39, 0.29) is 11.7 Å². The van der Waals surface area contributed by atoms with Gasteiger partial charge < -0.3 is 9.52 Å². The van der Waals surface area contributed by atoms with Gasteiger partial charge in [0, 0.05) is 5.56 Å². The molecule has 7 heteroatoms. The number of carbonyl (C=O) groups is 1. The number of hydrogen-bond acceptors (Lipinski definition) is 4. The molecule has 2 aromatic heterocycles. The molecule has 0 spiro atoms. The van der Waals surface area contributed by atoms with Gasteiger partial charge in [0.25, 0.3) is 0 Å². The molecule has 0 bridgehead atoms. The quantitative estimate of drug-likeness (QED) is 0.714. The summed E-state index contributed by atoms with van der Waals surface area (Å²) in [5.41, 5.74) is 0.884. The number of nitrogens with zero attached hydrogens (tertiary/aromatic N) is 1. The molecule has 0 saturated heterocycles. The summed E-state index contributed by atoms with van der Waals surface area (Å²) in [4.78, 5) is 16.3. The standard InChI is InChI=1S/C16H11ClFNO3S/c1-8(16(20)21)13-14(11-6-7-12(17)23-11)22-15(19-13)9-2-4-10(18)5-3-9/h2-8H,1H3,(H,20,21). The van der Waals surface area contributed by atoms with E-state index >= 15 is 0 Å². The number of carboxylic acid groups (broad SMARTS) is 1. The zero-order valence-corrected chi connectivity index (χ0v) is 13.5. The normalized spacial score (nSPS) is 12.3. The van der Waals surface area contributed by atoms with E-state index in [1.807, 2.05) is 0 Å². The number of rotatable bonds is 4. The van der Waals surface area contributed by atoms with Gasteiger partial charge in [0.15, 0.2) is 5.76 Å². The van der Waals surface area contributed by atoms with Crippen LogP contribution in [0, 0.1) is 5.82 Å². The van der Waals surface area contributed by atoms with Gasteiger partial charge in [-0.25, -0.2) is 9.37 Å². The van der Waals surface area contributed by atoms with Crippen LogP contribution in [-0.2, 0) is 4.79 Å². The summed E-state index contributed by atoms with van der Waals surface area (Å²) in [7, 11) is 0. The minimum atomic E-state index is -1.01. The third-order valence-corrected chi connectivity index (χ3v) is 4.55. The number of thiophene rings is 1. The fourth-order valence-electron chi connectivity index (χ4n) is 2.07. The number of benzene rings is 1. The van der Waals surface area contributed by atoms with Crippen LogP contribution in [0.5, 0.6) is 0 Å². The molecule has 0 amide bonds. The van der Waals surface area contributed by atoms with Crippen LogP contribution in [0.25, 0.3) is 22.1 Å². The fraction of sp³-hybridized carbons (Fsp3) is 0.125. The van der Waals surface area contributed by atoms with E-state index in [0.717, 1.165) is 0 Å². The van der Waals surface area contributed by atoms with Crippen molar-refractivity contribution in [3.63, 3.8) is 0 Å². The minimum Gasteiger partial charge on any atom is -0.481 e. The molecule has 4 nitrogen and oxygen atoms in total. The Labute approximate surface area is 140 Å². The number of aliphatic carboxylic acids is 1. The molecule has 0 fully saturated rings. The molecule has 0 saturated carbocycles. The minimum absolute atomic E-state index is 0.243. The van der Waals surface area contributed by atoms with Crippen molar-refractivity contribution in [3.05, 3.63) is 52.2 Å². The van der Waals surface area contributed by atoms with Crippen molar-refractivity contribution in [3.8, 4) is 22.1 Å². The zero-order valence-electron chi connectivity index (χ0n) is 11.9. The summed E-state index contributed by atoms with van der Waals surface area (Å²) in [6.45, 7) is 1.54. The molecule has 23 heavy (non-hydrogen) atoms. The van der Waals surface area contributed by atoms with Gasteiger partial charge in [-0.2, -0.15) is 0 Å². The van der Waals surface area contributed by atoms with E-state index < -0.39 is 11.9 Å². The second-order valence-corrected chi connectivity index (χ2v) is 6.62. The Kier molecular flexibility index (Phi) is 4.19. The maximum absolute atomic E-state index is 13.0. The van der Waals surface area contributed by atoms with Crippen LogP contribution in [0.4, 0.5) is 4.39 Å². The molecule has 3 rings (SSSR count). The topological polar surface area (TPSA) is 63.3 Å². The summed E-state index contributed by atoms with van der Waals surface area (Å²) >= 11 is 7.22. The van der Waals surface area contributed by atoms with Crippen molar-refractivity contribution in [2.45, 2.75) is 12.8 Å². The van der Waals surface area contributed by atoms with Gasteiger partial charge in [-0.1, -0.05) is 11.6 Å². The first-order valence-corrected chi connectivity index (χ1v) is 7.90. The van der Waals surface area contributed by atoms with E-state index in [2.05, 4.69) is 4.98 Å². The lowest BCUT2D eigenvalue weighted by Crippen LogP contribution is -2.08. The first kappa shape index (κ1) is 15.7. The molecule has 2 heterocycles. The lowest BCUT2D eigenvalue weighted by Gasteiger charge is -2.02. The van der Waals surface area contributed by atoms with Gasteiger partial charge in [0.05, 0.1) is 9.21 Å². The predicted molar refractivity (Wildman–Crippen MR) is 86.3 cm³/mol. The number of carboxylic acids is 1. The van der Waals surface area contributed by atoms with Gasteiger partial charge in [0.1, 0.15) is 17.4 Å². The van der Waals surface area contributed by atoms with Crippen LogP contribution in [-0.4, -0.2) is 16.1 Å². The van der Waals surface area contributed by atoms with Crippen LogP contribution in [0.1, 0.15) is 18.5 Å². The third-order valence-electron chi connectivity index (χ3n) is 3.32. The van der Waals surface area contributed by atoms with Gasteiger partial charge in [-0.3, -0.25) is 4.79 Å². The number of halogens is 2. The average molecular weight is 352 g/mol. The molecule has 1 unspecified atom stereocenters. The van der Waals surface area contributed by atoms with Crippen LogP contribution in [0.3, 0.4) is 0 Å². The maximum atomic E-state index is 13.0. The molecule has 0 radical (unpaired) electrons. The Bertz CT molecular complexity index is 857. The highest BCUT2D eigenvalue weighted by atomic mass is 35.5. The van der Waals surface area contributed by atoms with Crippen molar-refractivity contribution in [2.75, 3.05) is 0 Å². The van der Waals surface area contributed by atoms with E-state index in [0.29, 0.717) is 26.2 Å². The van der Waals surface area contributed by atoms with Crippen LogP contribution in [0.2, 0.25) is 4.34 Å².